The number of pyridine rings is 2. The number of non-ortho nitro benzene ring substituents is 1. The number of allylic oxidation sites excluding steroid dienone is 1. The Morgan fingerprint density at radius 1 is 1.32 bits per heavy atom. The molecule has 9 nitrogen and oxygen atoms in total. The molecule has 3 aromatic rings. The van der Waals surface area contributed by atoms with Gasteiger partial charge in [0, 0.05) is 36.3 Å². The largest absolute Gasteiger partial charge is 0.440 e. The van der Waals surface area contributed by atoms with E-state index in [0.29, 0.717) is 17.8 Å². The average Bonchev–Trinajstić information content (AvgIpc) is 2.76. The first-order valence-electron chi connectivity index (χ1n) is 9.36. The zero-order chi connectivity index (χ0) is 22.1. The third kappa shape index (κ3) is 3.51. The summed E-state index contributed by atoms with van der Waals surface area (Å²) in [4.78, 5) is 28.1. The Morgan fingerprint density at radius 3 is 2.68 bits per heavy atom. The Labute approximate surface area is 176 Å². The minimum atomic E-state index is -0.803. The van der Waals surface area contributed by atoms with Crippen molar-refractivity contribution in [2.75, 3.05) is 0 Å². The Hall–Kier alpha value is -4.45. The van der Waals surface area contributed by atoms with Gasteiger partial charge in [-0.3, -0.25) is 19.9 Å². The van der Waals surface area contributed by atoms with Crippen LogP contribution in [0.5, 0.6) is 5.75 Å². The van der Waals surface area contributed by atoms with Crippen molar-refractivity contribution in [2.24, 2.45) is 5.73 Å². The lowest BCUT2D eigenvalue weighted by Gasteiger charge is -2.27. The maximum absolute atomic E-state index is 13.5. The number of benzene rings is 1. The highest BCUT2D eigenvalue weighted by Crippen LogP contribution is 2.40. The van der Waals surface area contributed by atoms with Crippen LogP contribution in [0, 0.1) is 28.4 Å². The van der Waals surface area contributed by atoms with Gasteiger partial charge in [-0.1, -0.05) is 18.2 Å². The molecule has 9 heteroatoms. The molecule has 3 heterocycles. The molecule has 0 saturated heterocycles. The minimum absolute atomic E-state index is 0.0789. The van der Waals surface area contributed by atoms with Gasteiger partial charge < -0.3 is 15.0 Å². The molecule has 1 aromatic carbocycles. The molecule has 0 unspecified atom stereocenters. The van der Waals surface area contributed by atoms with E-state index in [0.717, 1.165) is 5.56 Å². The smallest absolute Gasteiger partial charge is 0.269 e. The van der Waals surface area contributed by atoms with Gasteiger partial charge in [-0.15, -0.1) is 0 Å². The molecule has 0 saturated carbocycles. The second-order valence-corrected chi connectivity index (χ2v) is 7.09. The van der Waals surface area contributed by atoms with Crippen molar-refractivity contribution in [3.63, 3.8) is 0 Å². The highest BCUT2D eigenvalue weighted by molar-refractivity contribution is 5.56. The van der Waals surface area contributed by atoms with Crippen LogP contribution < -0.4 is 16.0 Å². The van der Waals surface area contributed by atoms with Crippen LogP contribution >= 0.6 is 0 Å². The summed E-state index contributed by atoms with van der Waals surface area (Å²) < 4.78 is 7.19. The van der Waals surface area contributed by atoms with E-state index in [2.05, 4.69) is 4.98 Å². The molecule has 2 N–H and O–H groups in total. The molecular weight excluding hydrogens is 398 g/mol. The van der Waals surface area contributed by atoms with Crippen LogP contribution in [0.1, 0.15) is 28.3 Å². The van der Waals surface area contributed by atoms with Crippen LogP contribution in [0.3, 0.4) is 0 Å². The van der Waals surface area contributed by atoms with Gasteiger partial charge in [-0.25, -0.2) is 0 Å². The highest BCUT2D eigenvalue weighted by Gasteiger charge is 2.34. The molecule has 4 rings (SSSR count). The topological polar surface area (TPSA) is 137 Å². The van der Waals surface area contributed by atoms with Crippen LogP contribution in [0.4, 0.5) is 5.69 Å². The first kappa shape index (κ1) is 19.8. The molecule has 1 aliphatic rings. The number of nitrogens with zero attached hydrogens (tertiary/aromatic N) is 4. The Kier molecular flexibility index (Phi) is 4.97. The first-order chi connectivity index (χ1) is 14.9. The van der Waals surface area contributed by atoms with E-state index in [9.17, 15) is 20.2 Å². The number of nitro groups is 1. The third-order valence-corrected chi connectivity index (χ3v) is 5.19. The van der Waals surface area contributed by atoms with Gasteiger partial charge in [0.1, 0.15) is 17.4 Å². The monoisotopic (exact) mass is 415 g/mol. The van der Waals surface area contributed by atoms with Crippen molar-refractivity contribution in [2.45, 2.75) is 19.4 Å². The summed E-state index contributed by atoms with van der Waals surface area (Å²) in [6.07, 6.45) is 3.32. The van der Waals surface area contributed by atoms with Crippen molar-refractivity contribution in [3.8, 4) is 11.8 Å². The predicted molar refractivity (Wildman–Crippen MR) is 111 cm³/mol. The summed E-state index contributed by atoms with van der Waals surface area (Å²) >= 11 is 0. The van der Waals surface area contributed by atoms with E-state index >= 15 is 0 Å². The average molecular weight is 415 g/mol. The van der Waals surface area contributed by atoms with Crippen LogP contribution in [0.25, 0.3) is 0 Å². The number of nitro benzene ring substituents is 1. The number of fused-ring (bicyclic) bond motifs is 1. The van der Waals surface area contributed by atoms with E-state index < -0.39 is 10.8 Å². The molecule has 0 radical (unpaired) electrons. The van der Waals surface area contributed by atoms with Crippen LogP contribution in [0.15, 0.2) is 71.1 Å². The summed E-state index contributed by atoms with van der Waals surface area (Å²) in [6, 6.07) is 13.1. The molecule has 0 amide bonds. The van der Waals surface area contributed by atoms with Gasteiger partial charge in [-0.05, 0) is 24.1 Å². The third-order valence-electron chi connectivity index (χ3n) is 5.19. The number of ether oxygens (including phenoxy) is 1. The van der Waals surface area contributed by atoms with E-state index in [4.69, 9.17) is 10.5 Å². The van der Waals surface area contributed by atoms with Gasteiger partial charge in [0.05, 0.1) is 22.9 Å². The normalized spacial score (nSPS) is 15.0. The molecule has 154 valence electrons. The van der Waals surface area contributed by atoms with Gasteiger partial charge in [0.25, 0.3) is 11.2 Å². The molecule has 0 aliphatic carbocycles. The fraction of sp³-hybridized carbons (Fsp3) is 0.136. The molecule has 31 heavy (non-hydrogen) atoms. The quantitative estimate of drug-likeness (QED) is 0.511. The molecule has 1 atom stereocenters. The maximum atomic E-state index is 13.5. The molecule has 0 spiro atoms. The second-order valence-electron chi connectivity index (χ2n) is 7.09. The standard InChI is InChI=1S/C22H17N5O4/c1-13-9-18-20(22(28)26(13)12-14-3-2-8-25-11-14)19(17(10-23)21(24)31-18)15-4-6-16(7-5-15)27(29)30/h2-9,11,19H,12,24H2,1H3/t19-/m1/s1. The van der Waals surface area contributed by atoms with Crippen molar-refractivity contribution >= 4 is 5.69 Å². The van der Waals surface area contributed by atoms with Gasteiger partial charge in [0.2, 0.25) is 5.88 Å². The zero-order valence-electron chi connectivity index (χ0n) is 16.5. The summed E-state index contributed by atoms with van der Waals surface area (Å²) in [5.74, 6) is -0.630. The predicted octanol–water partition coefficient (Wildman–Crippen LogP) is 2.73. The SMILES string of the molecule is Cc1cc2c(c(=O)n1Cc1cccnc1)[C@H](c1ccc([N+](=O)[O-])cc1)C(C#N)=C(N)O2. The number of aryl methyl sites for hydroxylation is 1. The first-order valence-corrected chi connectivity index (χ1v) is 9.36. The van der Waals surface area contributed by atoms with Gasteiger partial charge in [-0.2, -0.15) is 5.26 Å². The number of aromatic nitrogens is 2. The Balaban J connectivity index is 1.90. The van der Waals surface area contributed by atoms with E-state index in [1.54, 1.807) is 36.0 Å². The zero-order valence-corrected chi connectivity index (χ0v) is 16.5. The van der Waals surface area contributed by atoms with Crippen molar-refractivity contribution in [1.82, 2.24) is 9.55 Å². The summed E-state index contributed by atoms with van der Waals surface area (Å²) in [5.41, 5.74) is 7.92. The number of nitriles is 1. The lowest BCUT2D eigenvalue weighted by atomic mass is 9.84. The van der Waals surface area contributed by atoms with E-state index in [-0.39, 0.29) is 34.0 Å². The molecule has 2 aromatic heterocycles. The lowest BCUT2D eigenvalue weighted by molar-refractivity contribution is -0.384. The van der Waals surface area contributed by atoms with Crippen LogP contribution in [-0.4, -0.2) is 14.5 Å². The van der Waals surface area contributed by atoms with Crippen molar-refractivity contribution < 1.29 is 9.66 Å². The Bertz CT molecular complexity index is 1300. The molecule has 0 fully saturated rings. The Morgan fingerprint density at radius 2 is 2.06 bits per heavy atom. The second kappa shape index (κ2) is 7.76. The van der Waals surface area contributed by atoms with Crippen LogP contribution in [0.2, 0.25) is 0 Å². The summed E-state index contributed by atoms with van der Waals surface area (Å²) in [6.45, 7) is 2.07. The number of rotatable bonds is 4. The number of nitrogens with two attached hydrogens (primary N) is 1. The van der Waals surface area contributed by atoms with Crippen molar-refractivity contribution in [1.29, 1.82) is 5.26 Å². The number of hydrogen-bond acceptors (Lipinski definition) is 7. The lowest BCUT2D eigenvalue weighted by Crippen LogP contribution is -2.33. The summed E-state index contributed by atoms with van der Waals surface area (Å²) in [5, 5.41) is 20.7. The van der Waals surface area contributed by atoms with Crippen molar-refractivity contribution in [3.05, 3.63) is 109 Å². The maximum Gasteiger partial charge on any atom is 0.269 e. The highest BCUT2D eigenvalue weighted by atomic mass is 16.6. The minimum Gasteiger partial charge on any atom is -0.440 e. The fourth-order valence-electron chi connectivity index (χ4n) is 3.68. The van der Waals surface area contributed by atoms with Gasteiger partial charge >= 0.3 is 0 Å². The molecular formula is C22H17N5O4. The fourth-order valence-corrected chi connectivity index (χ4v) is 3.68. The van der Waals surface area contributed by atoms with Crippen LogP contribution in [-0.2, 0) is 6.54 Å². The van der Waals surface area contributed by atoms with E-state index in [1.807, 2.05) is 12.1 Å². The molecule has 1 aliphatic heterocycles. The summed E-state index contributed by atoms with van der Waals surface area (Å²) in [7, 11) is 0. The number of hydrogen-bond donors (Lipinski definition) is 1. The van der Waals surface area contributed by atoms with E-state index in [1.165, 1.54) is 24.3 Å². The van der Waals surface area contributed by atoms with Gasteiger partial charge in [0.15, 0.2) is 0 Å². The molecule has 0 bridgehead atoms.